The molecule has 21 heavy (non-hydrogen) atoms. The van der Waals surface area contributed by atoms with Crippen LogP contribution in [0.15, 0.2) is 42.5 Å². The van der Waals surface area contributed by atoms with Crippen molar-refractivity contribution in [2.45, 2.75) is 19.4 Å². The first-order valence-corrected chi connectivity index (χ1v) is 7.23. The SMILES string of the molecule is CCC(Nc1c(Cl)cccc1Cl)c1cccc([N+](=O)[O-])c1. The van der Waals surface area contributed by atoms with E-state index in [1.165, 1.54) is 6.07 Å². The Morgan fingerprint density at radius 3 is 2.38 bits per heavy atom. The second-order valence-corrected chi connectivity index (χ2v) is 5.37. The number of halogens is 2. The second-order valence-electron chi connectivity index (χ2n) is 4.55. The summed E-state index contributed by atoms with van der Waals surface area (Å²) in [6.45, 7) is 1.99. The van der Waals surface area contributed by atoms with Gasteiger partial charge >= 0.3 is 0 Å². The molecule has 2 rings (SSSR count). The molecule has 2 aromatic carbocycles. The Morgan fingerprint density at radius 1 is 1.19 bits per heavy atom. The topological polar surface area (TPSA) is 55.2 Å². The molecule has 110 valence electrons. The van der Waals surface area contributed by atoms with Crippen LogP contribution in [0.5, 0.6) is 0 Å². The van der Waals surface area contributed by atoms with Gasteiger partial charge in [-0.2, -0.15) is 0 Å². The summed E-state index contributed by atoms with van der Waals surface area (Å²) < 4.78 is 0. The molecule has 1 unspecified atom stereocenters. The monoisotopic (exact) mass is 324 g/mol. The number of benzene rings is 2. The highest BCUT2D eigenvalue weighted by molar-refractivity contribution is 6.39. The number of nitro benzene ring substituents is 1. The van der Waals surface area contributed by atoms with Crippen LogP contribution in [-0.2, 0) is 0 Å². The lowest BCUT2D eigenvalue weighted by Gasteiger charge is -2.20. The van der Waals surface area contributed by atoms with Crippen molar-refractivity contribution in [2.75, 3.05) is 5.32 Å². The van der Waals surface area contributed by atoms with Gasteiger partial charge in [0, 0.05) is 12.1 Å². The highest BCUT2D eigenvalue weighted by atomic mass is 35.5. The molecule has 0 heterocycles. The quantitative estimate of drug-likeness (QED) is 0.586. The van der Waals surface area contributed by atoms with E-state index in [2.05, 4.69) is 5.32 Å². The smallest absolute Gasteiger partial charge is 0.269 e. The molecule has 4 nitrogen and oxygen atoms in total. The van der Waals surface area contributed by atoms with Gasteiger partial charge in [-0.15, -0.1) is 0 Å². The summed E-state index contributed by atoms with van der Waals surface area (Å²) >= 11 is 12.3. The normalized spacial score (nSPS) is 12.0. The van der Waals surface area contributed by atoms with Crippen LogP contribution in [-0.4, -0.2) is 4.92 Å². The summed E-state index contributed by atoms with van der Waals surface area (Å²) in [5, 5.41) is 15.2. The summed E-state index contributed by atoms with van der Waals surface area (Å²) in [5.74, 6) is 0. The fourth-order valence-electron chi connectivity index (χ4n) is 2.09. The molecule has 0 fully saturated rings. The third-order valence-corrected chi connectivity index (χ3v) is 3.80. The molecule has 1 atom stereocenters. The molecule has 0 aliphatic carbocycles. The molecule has 0 saturated heterocycles. The molecule has 6 heteroatoms. The number of anilines is 1. The van der Waals surface area contributed by atoms with E-state index in [0.717, 1.165) is 12.0 Å². The Labute approximate surface area is 132 Å². The maximum absolute atomic E-state index is 10.9. The summed E-state index contributed by atoms with van der Waals surface area (Å²) in [6.07, 6.45) is 0.739. The maximum atomic E-state index is 10.9. The number of non-ortho nitro benzene ring substituents is 1. The van der Waals surface area contributed by atoms with Gasteiger partial charge in [-0.05, 0) is 24.1 Å². The summed E-state index contributed by atoms with van der Waals surface area (Å²) in [6, 6.07) is 11.7. The number of hydrogen-bond donors (Lipinski definition) is 1. The summed E-state index contributed by atoms with van der Waals surface area (Å²) in [5.41, 5.74) is 1.53. The molecule has 0 amide bonds. The third kappa shape index (κ3) is 3.65. The van der Waals surface area contributed by atoms with Crippen molar-refractivity contribution >= 4 is 34.6 Å². The van der Waals surface area contributed by atoms with E-state index < -0.39 is 4.92 Å². The molecule has 0 bridgehead atoms. The molecule has 0 saturated carbocycles. The highest BCUT2D eigenvalue weighted by Crippen LogP contribution is 2.34. The lowest BCUT2D eigenvalue weighted by atomic mass is 10.0. The number of nitrogens with one attached hydrogen (secondary N) is 1. The fourth-order valence-corrected chi connectivity index (χ4v) is 2.59. The largest absolute Gasteiger partial charge is 0.376 e. The predicted molar refractivity (Wildman–Crippen MR) is 86.2 cm³/mol. The van der Waals surface area contributed by atoms with Crippen molar-refractivity contribution in [2.24, 2.45) is 0 Å². The zero-order chi connectivity index (χ0) is 15.4. The highest BCUT2D eigenvalue weighted by Gasteiger charge is 2.15. The minimum absolute atomic E-state index is 0.0676. The Bertz CT molecular complexity index is 642. The maximum Gasteiger partial charge on any atom is 0.269 e. The first-order chi connectivity index (χ1) is 10.0. The van der Waals surface area contributed by atoms with Crippen molar-refractivity contribution in [3.8, 4) is 0 Å². The number of nitrogens with zero attached hydrogens (tertiary/aromatic N) is 1. The zero-order valence-corrected chi connectivity index (χ0v) is 12.9. The van der Waals surface area contributed by atoms with E-state index in [1.54, 1.807) is 30.3 Å². The standard InChI is InChI=1S/C15H14Cl2N2O2/c1-2-14(10-5-3-6-11(9-10)19(20)21)18-15-12(16)7-4-8-13(15)17/h3-9,14,18H,2H2,1H3. The van der Waals surface area contributed by atoms with E-state index in [9.17, 15) is 10.1 Å². The Morgan fingerprint density at radius 2 is 1.81 bits per heavy atom. The Balaban J connectivity index is 2.32. The van der Waals surface area contributed by atoms with Gasteiger partial charge < -0.3 is 5.32 Å². The van der Waals surface area contributed by atoms with Gasteiger partial charge in [0.1, 0.15) is 0 Å². The number of hydrogen-bond acceptors (Lipinski definition) is 3. The van der Waals surface area contributed by atoms with Crippen molar-refractivity contribution in [3.05, 3.63) is 68.2 Å². The van der Waals surface area contributed by atoms with Gasteiger partial charge in [-0.1, -0.05) is 48.3 Å². The Hall–Kier alpha value is -1.78. The van der Waals surface area contributed by atoms with Gasteiger partial charge in [-0.25, -0.2) is 0 Å². The second kappa shape index (κ2) is 6.78. The molecule has 0 aromatic heterocycles. The average Bonchev–Trinajstić information content (AvgIpc) is 2.47. The molecule has 0 spiro atoms. The van der Waals surface area contributed by atoms with Crippen LogP contribution in [0.3, 0.4) is 0 Å². The molecule has 2 aromatic rings. The van der Waals surface area contributed by atoms with E-state index in [4.69, 9.17) is 23.2 Å². The molecule has 0 radical (unpaired) electrons. The Kier molecular flexibility index (Phi) is 5.04. The van der Waals surface area contributed by atoms with Gasteiger partial charge in [0.05, 0.1) is 26.7 Å². The minimum Gasteiger partial charge on any atom is -0.376 e. The molecule has 0 aliphatic rings. The molecule has 1 N–H and O–H groups in total. The van der Waals surface area contributed by atoms with Crippen LogP contribution in [0.1, 0.15) is 24.9 Å². The van der Waals surface area contributed by atoms with Crippen LogP contribution in [0.2, 0.25) is 10.0 Å². The average molecular weight is 325 g/mol. The molecular weight excluding hydrogens is 311 g/mol. The molecular formula is C15H14Cl2N2O2. The first-order valence-electron chi connectivity index (χ1n) is 6.47. The van der Waals surface area contributed by atoms with Gasteiger partial charge in [-0.3, -0.25) is 10.1 Å². The summed E-state index contributed by atoms with van der Waals surface area (Å²) in [7, 11) is 0. The number of para-hydroxylation sites is 1. The van der Waals surface area contributed by atoms with Crippen LogP contribution < -0.4 is 5.32 Å². The lowest BCUT2D eigenvalue weighted by molar-refractivity contribution is -0.384. The number of nitro groups is 1. The minimum atomic E-state index is -0.404. The van der Waals surface area contributed by atoms with Gasteiger partial charge in [0.15, 0.2) is 0 Å². The summed E-state index contributed by atoms with van der Waals surface area (Å²) in [4.78, 5) is 10.5. The van der Waals surface area contributed by atoms with E-state index in [-0.39, 0.29) is 11.7 Å². The van der Waals surface area contributed by atoms with Crippen LogP contribution >= 0.6 is 23.2 Å². The first kappa shape index (κ1) is 15.6. The van der Waals surface area contributed by atoms with Crippen LogP contribution in [0.25, 0.3) is 0 Å². The van der Waals surface area contributed by atoms with Gasteiger partial charge in [0.25, 0.3) is 5.69 Å². The van der Waals surface area contributed by atoms with Crippen molar-refractivity contribution < 1.29 is 4.92 Å². The van der Waals surface area contributed by atoms with Crippen molar-refractivity contribution in [1.82, 2.24) is 0 Å². The number of rotatable bonds is 5. The lowest BCUT2D eigenvalue weighted by Crippen LogP contribution is -2.10. The molecule has 0 aliphatic heterocycles. The van der Waals surface area contributed by atoms with E-state index >= 15 is 0 Å². The third-order valence-electron chi connectivity index (χ3n) is 3.17. The zero-order valence-electron chi connectivity index (χ0n) is 11.3. The van der Waals surface area contributed by atoms with E-state index in [0.29, 0.717) is 15.7 Å². The van der Waals surface area contributed by atoms with Crippen molar-refractivity contribution in [1.29, 1.82) is 0 Å². The fraction of sp³-hybridized carbons (Fsp3) is 0.200. The predicted octanol–water partition coefficient (Wildman–Crippen LogP) is 5.46. The van der Waals surface area contributed by atoms with Crippen LogP contribution in [0.4, 0.5) is 11.4 Å². The van der Waals surface area contributed by atoms with Crippen LogP contribution in [0, 0.1) is 10.1 Å². The van der Waals surface area contributed by atoms with E-state index in [1.807, 2.05) is 13.0 Å². The van der Waals surface area contributed by atoms with Crippen molar-refractivity contribution in [3.63, 3.8) is 0 Å². The van der Waals surface area contributed by atoms with Gasteiger partial charge in [0.2, 0.25) is 0 Å².